The standard InChI is InChI=1S/C21H27N3O5S/c25-9-5-22-21(27)20-19(15-3-1-2-4-17(15)30-20)16-13-24(8-12-29-16)18(26)14-23-6-10-28-11-7-23/h1-4,16,25H,5-14H2,(H,22,27). The Morgan fingerprint density at radius 3 is 2.77 bits per heavy atom. The van der Waals surface area contributed by atoms with Crippen molar-refractivity contribution in [3.63, 3.8) is 0 Å². The van der Waals surface area contributed by atoms with Gasteiger partial charge in [0.05, 0.1) is 44.4 Å². The fraction of sp³-hybridized carbons (Fsp3) is 0.524. The van der Waals surface area contributed by atoms with Crippen molar-refractivity contribution < 1.29 is 24.2 Å². The van der Waals surface area contributed by atoms with Crippen molar-refractivity contribution in [2.45, 2.75) is 6.10 Å². The molecule has 1 atom stereocenters. The van der Waals surface area contributed by atoms with Gasteiger partial charge in [0.2, 0.25) is 5.91 Å². The maximum absolute atomic E-state index is 12.9. The van der Waals surface area contributed by atoms with Crippen LogP contribution in [0.2, 0.25) is 0 Å². The first-order chi connectivity index (χ1) is 14.7. The highest BCUT2D eigenvalue weighted by atomic mass is 32.1. The summed E-state index contributed by atoms with van der Waals surface area (Å²) in [5.74, 6) is -0.142. The van der Waals surface area contributed by atoms with Crippen molar-refractivity contribution in [3.8, 4) is 0 Å². The Morgan fingerprint density at radius 2 is 1.97 bits per heavy atom. The zero-order valence-electron chi connectivity index (χ0n) is 16.8. The smallest absolute Gasteiger partial charge is 0.261 e. The quantitative estimate of drug-likeness (QED) is 0.702. The lowest BCUT2D eigenvalue weighted by atomic mass is 10.0. The molecule has 2 aromatic rings. The first kappa shape index (κ1) is 21.2. The van der Waals surface area contributed by atoms with Crippen molar-refractivity contribution in [1.29, 1.82) is 0 Å². The number of hydrogen-bond donors (Lipinski definition) is 2. The molecule has 0 saturated carbocycles. The molecular formula is C21H27N3O5S. The van der Waals surface area contributed by atoms with Gasteiger partial charge >= 0.3 is 0 Å². The van der Waals surface area contributed by atoms with Gasteiger partial charge in [0.15, 0.2) is 0 Å². The summed E-state index contributed by atoms with van der Waals surface area (Å²) < 4.78 is 12.4. The van der Waals surface area contributed by atoms with E-state index in [0.717, 1.165) is 28.7 Å². The molecule has 9 heteroatoms. The Labute approximate surface area is 179 Å². The number of aliphatic hydroxyl groups is 1. The number of rotatable bonds is 6. The second-order valence-electron chi connectivity index (χ2n) is 7.41. The van der Waals surface area contributed by atoms with Crippen LogP contribution in [0.5, 0.6) is 0 Å². The molecular weight excluding hydrogens is 406 g/mol. The molecule has 162 valence electrons. The lowest BCUT2D eigenvalue weighted by Gasteiger charge is -2.35. The van der Waals surface area contributed by atoms with Crippen molar-refractivity contribution in [2.24, 2.45) is 0 Å². The SMILES string of the molecule is O=C(NCCO)c1sc2ccccc2c1C1CN(C(=O)CN2CCOCC2)CCO1. The van der Waals surface area contributed by atoms with Crippen LogP contribution in [-0.2, 0) is 14.3 Å². The fourth-order valence-corrected chi connectivity index (χ4v) is 5.08. The third kappa shape index (κ3) is 4.65. The van der Waals surface area contributed by atoms with E-state index >= 15 is 0 Å². The lowest BCUT2D eigenvalue weighted by molar-refractivity contribution is -0.141. The van der Waals surface area contributed by atoms with Crippen LogP contribution in [-0.4, -0.2) is 92.4 Å². The van der Waals surface area contributed by atoms with Gasteiger partial charge in [-0.05, 0) is 11.5 Å². The minimum Gasteiger partial charge on any atom is -0.395 e. The number of nitrogens with zero attached hydrogens (tertiary/aromatic N) is 2. The zero-order valence-corrected chi connectivity index (χ0v) is 17.7. The number of carbonyl (C=O) groups excluding carboxylic acids is 2. The average Bonchev–Trinajstić information content (AvgIpc) is 3.18. The van der Waals surface area contributed by atoms with E-state index in [2.05, 4.69) is 10.2 Å². The normalized spacial score (nSPS) is 20.4. The summed E-state index contributed by atoms with van der Waals surface area (Å²) in [6, 6.07) is 7.86. The molecule has 0 aliphatic carbocycles. The van der Waals surface area contributed by atoms with E-state index in [1.54, 1.807) is 0 Å². The molecule has 2 N–H and O–H groups in total. The number of benzene rings is 1. The van der Waals surface area contributed by atoms with Crippen molar-refractivity contribution in [2.75, 3.05) is 65.7 Å². The number of amides is 2. The Kier molecular flexibility index (Phi) is 6.96. The molecule has 2 aliphatic rings. The number of nitrogens with one attached hydrogen (secondary N) is 1. The highest BCUT2D eigenvalue weighted by molar-refractivity contribution is 7.21. The average molecular weight is 434 g/mol. The molecule has 4 rings (SSSR count). The van der Waals surface area contributed by atoms with Crippen molar-refractivity contribution in [1.82, 2.24) is 15.1 Å². The molecule has 0 radical (unpaired) electrons. The summed E-state index contributed by atoms with van der Waals surface area (Å²) >= 11 is 1.41. The largest absolute Gasteiger partial charge is 0.395 e. The summed E-state index contributed by atoms with van der Waals surface area (Å²) in [5, 5.41) is 12.8. The second kappa shape index (κ2) is 9.84. The maximum Gasteiger partial charge on any atom is 0.261 e. The first-order valence-electron chi connectivity index (χ1n) is 10.3. The van der Waals surface area contributed by atoms with Gasteiger partial charge in [-0.25, -0.2) is 0 Å². The van der Waals surface area contributed by atoms with Gasteiger partial charge in [0.25, 0.3) is 5.91 Å². The van der Waals surface area contributed by atoms with E-state index < -0.39 is 0 Å². The van der Waals surface area contributed by atoms with Gasteiger partial charge in [0.1, 0.15) is 6.10 Å². The van der Waals surface area contributed by atoms with Gasteiger partial charge in [-0.3, -0.25) is 14.5 Å². The molecule has 2 saturated heterocycles. The molecule has 1 aromatic heterocycles. The molecule has 3 heterocycles. The minimum atomic E-state index is -0.363. The number of carbonyl (C=O) groups is 2. The Morgan fingerprint density at radius 1 is 1.17 bits per heavy atom. The molecule has 1 aromatic carbocycles. The number of thiophene rings is 1. The Bertz CT molecular complexity index is 896. The summed E-state index contributed by atoms with van der Waals surface area (Å²) in [4.78, 5) is 30.2. The van der Waals surface area contributed by atoms with Crippen LogP contribution in [0.4, 0.5) is 0 Å². The highest BCUT2D eigenvalue weighted by Gasteiger charge is 2.32. The topological polar surface area (TPSA) is 91.3 Å². The van der Waals surface area contributed by atoms with Crippen LogP contribution in [0.25, 0.3) is 10.1 Å². The van der Waals surface area contributed by atoms with Crippen LogP contribution < -0.4 is 5.32 Å². The summed E-state index contributed by atoms with van der Waals surface area (Å²) in [5.41, 5.74) is 0.829. The molecule has 2 amide bonds. The van der Waals surface area contributed by atoms with E-state index in [9.17, 15) is 9.59 Å². The Hall–Kier alpha value is -2.04. The van der Waals surface area contributed by atoms with Crippen molar-refractivity contribution >= 4 is 33.2 Å². The van der Waals surface area contributed by atoms with E-state index in [0.29, 0.717) is 44.3 Å². The highest BCUT2D eigenvalue weighted by Crippen LogP contribution is 2.38. The minimum absolute atomic E-state index is 0.0796. The molecule has 2 aliphatic heterocycles. The number of fused-ring (bicyclic) bond motifs is 1. The first-order valence-corrected chi connectivity index (χ1v) is 11.1. The van der Waals surface area contributed by atoms with Crippen LogP contribution in [0.3, 0.4) is 0 Å². The van der Waals surface area contributed by atoms with E-state index in [1.807, 2.05) is 29.2 Å². The number of ether oxygens (including phenoxy) is 2. The summed E-state index contributed by atoms with van der Waals surface area (Å²) in [6.45, 7) is 4.72. The van der Waals surface area contributed by atoms with Crippen LogP contribution in [0.15, 0.2) is 24.3 Å². The third-order valence-electron chi connectivity index (χ3n) is 5.44. The van der Waals surface area contributed by atoms with E-state index in [1.165, 1.54) is 11.3 Å². The fourth-order valence-electron chi connectivity index (χ4n) is 3.90. The number of aliphatic hydroxyl groups excluding tert-OH is 1. The monoisotopic (exact) mass is 433 g/mol. The summed E-state index contributed by atoms with van der Waals surface area (Å²) in [6.07, 6.45) is -0.363. The van der Waals surface area contributed by atoms with Gasteiger partial charge < -0.3 is 24.8 Å². The lowest BCUT2D eigenvalue weighted by Crippen LogP contribution is -2.48. The second-order valence-corrected chi connectivity index (χ2v) is 8.46. The Balaban J connectivity index is 1.55. The number of hydrogen-bond acceptors (Lipinski definition) is 7. The van der Waals surface area contributed by atoms with Gasteiger partial charge in [-0.1, -0.05) is 18.2 Å². The van der Waals surface area contributed by atoms with E-state index in [-0.39, 0.29) is 31.1 Å². The van der Waals surface area contributed by atoms with Crippen LogP contribution >= 0.6 is 11.3 Å². The number of morpholine rings is 2. The summed E-state index contributed by atoms with van der Waals surface area (Å²) in [7, 11) is 0. The van der Waals surface area contributed by atoms with Crippen LogP contribution in [0, 0.1) is 0 Å². The zero-order chi connectivity index (χ0) is 20.9. The van der Waals surface area contributed by atoms with Crippen molar-refractivity contribution in [3.05, 3.63) is 34.7 Å². The molecule has 1 unspecified atom stereocenters. The predicted molar refractivity (Wildman–Crippen MR) is 114 cm³/mol. The van der Waals surface area contributed by atoms with Gasteiger partial charge in [0, 0.05) is 36.4 Å². The molecule has 0 spiro atoms. The molecule has 2 fully saturated rings. The predicted octanol–water partition coefficient (Wildman–Crippen LogP) is 0.855. The molecule has 8 nitrogen and oxygen atoms in total. The maximum atomic E-state index is 12.9. The van der Waals surface area contributed by atoms with Gasteiger partial charge in [-0.15, -0.1) is 11.3 Å². The third-order valence-corrected chi connectivity index (χ3v) is 6.63. The van der Waals surface area contributed by atoms with Gasteiger partial charge in [-0.2, -0.15) is 0 Å². The molecule has 0 bridgehead atoms. The van der Waals surface area contributed by atoms with Crippen LogP contribution in [0.1, 0.15) is 21.3 Å². The molecule has 30 heavy (non-hydrogen) atoms. The van der Waals surface area contributed by atoms with E-state index in [4.69, 9.17) is 14.6 Å².